The molecule has 5 nitrogen and oxygen atoms in total. The molecule has 2 aliphatic heterocycles. The molecule has 2 saturated carbocycles. The predicted molar refractivity (Wildman–Crippen MR) is 109 cm³/mol. The molecule has 4 aliphatic rings. The largest absolute Gasteiger partial charge is 0.340 e. The van der Waals surface area contributed by atoms with Crippen LogP contribution in [0.1, 0.15) is 56.4 Å². The number of piperazine rings is 1. The molecule has 1 aromatic rings. The molecular weight excluding hydrogens is 350 g/mol. The normalized spacial score (nSPS) is 28.9. The first kappa shape index (κ1) is 18.2. The Morgan fingerprint density at radius 2 is 1.79 bits per heavy atom. The Hall–Kier alpha value is -1.88. The molecule has 5 rings (SSSR count). The summed E-state index contributed by atoms with van der Waals surface area (Å²) >= 11 is 0. The highest BCUT2D eigenvalue weighted by Gasteiger charge is 2.46. The standard InChI is InChI=1S/C23H31N3O2/c27-22-9-1-2-10-26(22)19-8-3-5-17(15-19)20-16-21(20)23(28)25-13-11-24(12-14-25)18-6-4-7-18/h3,5,8,15,18,20-21H,1-2,4,6-7,9-14,16H2/t20-,21+/m1/s1. The van der Waals surface area contributed by atoms with E-state index in [1.165, 1.54) is 24.8 Å². The summed E-state index contributed by atoms with van der Waals surface area (Å²) in [5.74, 6) is 1.05. The van der Waals surface area contributed by atoms with Crippen LogP contribution in [0.25, 0.3) is 0 Å². The second-order valence-corrected chi connectivity index (χ2v) is 8.99. The van der Waals surface area contributed by atoms with E-state index in [1.54, 1.807) is 0 Å². The van der Waals surface area contributed by atoms with Crippen molar-refractivity contribution in [3.05, 3.63) is 29.8 Å². The minimum atomic E-state index is 0.141. The number of carbonyl (C=O) groups is 2. The summed E-state index contributed by atoms with van der Waals surface area (Å²) in [6, 6.07) is 9.14. The molecule has 0 radical (unpaired) electrons. The summed E-state index contributed by atoms with van der Waals surface area (Å²) in [5, 5.41) is 0. The molecule has 5 heteroatoms. The van der Waals surface area contributed by atoms with E-state index < -0.39 is 0 Å². The highest BCUT2D eigenvalue weighted by atomic mass is 16.2. The Morgan fingerprint density at radius 1 is 0.964 bits per heavy atom. The number of rotatable bonds is 4. The fourth-order valence-electron chi connectivity index (χ4n) is 5.13. The number of nitrogens with zero attached hydrogens (tertiary/aromatic N) is 3. The monoisotopic (exact) mass is 381 g/mol. The van der Waals surface area contributed by atoms with Crippen LogP contribution >= 0.6 is 0 Å². The topological polar surface area (TPSA) is 43.9 Å². The van der Waals surface area contributed by atoms with Crippen LogP contribution in [0.15, 0.2) is 24.3 Å². The molecular formula is C23H31N3O2. The van der Waals surface area contributed by atoms with Crippen LogP contribution in [0.4, 0.5) is 5.69 Å². The van der Waals surface area contributed by atoms with Gasteiger partial charge in [-0.15, -0.1) is 0 Å². The minimum Gasteiger partial charge on any atom is -0.340 e. The second kappa shape index (κ2) is 7.51. The van der Waals surface area contributed by atoms with Gasteiger partial charge in [-0.1, -0.05) is 18.6 Å². The van der Waals surface area contributed by atoms with Crippen LogP contribution in [0, 0.1) is 5.92 Å². The van der Waals surface area contributed by atoms with Crippen molar-refractivity contribution in [1.82, 2.24) is 9.80 Å². The van der Waals surface area contributed by atoms with Crippen molar-refractivity contribution < 1.29 is 9.59 Å². The van der Waals surface area contributed by atoms with Gasteiger partial charge in [0.15, 0.2) is 0 Å². The first-order chi connectivity index (χ1) is 13.7. The van der Waals surface area contributed by atoms with Crippen molar-refractivity contribution in [2.45, 2.75) is 56.9 Å². The molecule has 2 saturated heterocycles. The molecule has 150 valence electrons. The second-order valence-electron chi connectivity index (χ2n) is 8.99. The number of amides is 2. The lowest BCUT2D eigenvalue weighted by atomic mass is 9.91. The van der Waals surface area contributed by atoms with Gasteiger partial charge in [0.05, 0.1) is 0 Å². The average Bonchev–Trinajstić information content (AvgIpc) is 3.48. The maximum atomic E-state index is 13.0. The Labute approximate surface area is 167 Å². The number of carbonyl (C=O) groups excluding carboxylic acids is 2. The molecule has 0 N–H and O–H groups in total. The zero-order valence-electron chi connectivity index (χ0n) is 16.7. The van der Waals surface area contributed by atoms with E-state index >= 15 is 0 Å². The van der Waals surface area contributed by atoms with Crippen molar-refractivity contribution in [1.29, 1.82) is 0 Å². The summed E-state index contributed by atoms with van der Waals surface area (Å²) in [7, 11) is 0. The molecule has 2 aliphatic carbocycles. The van der Waals surface area contributed by atoms with Crippen molar-refractivity contribution in [2.24, 2.45) is 5.92 Å². The smallest absolute Gasteiger partial charge is 0.226 e. The first-order valence-electron chi connectivity index (χ1n) is 11.1. The van der Waals surface area contributed by atoms with E-state index in [-0.39, 0.29) is 11.8 Å². The molecule has 1 aromatic carbocycles. The summed E-state index contributed by atoms with van der Waals surface area (Å²) in [5.41, 5.74) is 2.23. The van der Waals surface area contributed by atoms with Gasteiger partial charge in [0.1, 0.15) is 0 Å². The molecule has 0 aromatic heterocycles. The van der Waals surface area contributed by atoms with Crippen molar-refractivity contribution in [2.75, 3.05) is 37.6 Å². The fraction of sp³-hybridized carbons (Fsp3) is 0.652. The molecule has 2 amide bonds. The Balaban J connectivity index is 1.19. The molecule has 2 heterocycles. The summed E-state index contributed by atoms with van der Waals surface area (Å²) in [6.45, 7) is 4.68. The van der Waals surface area contributed by atoms with Crippen LogP contribution in [-0.4, -0.2) is 60.4 Å². The molecule has 0 bridgehead atoms. The van der Waals surface area contributed by atoms with Gasteiger partial charge >= 0.3 is 0 Å². The number of hydrogen-bond donors (Lipinski definition) is 0. The third-order valence-electron chi connectivity index (χ3n) is 7.26. The van der Waals surface area contributed by atoms with Crippen molar-refractivity contribution in [3.8, 4) is 0 Å². The van der Waals surface area contributed by atoms with E-state index in [0.717, 1.165) is 63.7 Å². The SMILES string of the molecule is O=C([C@H]1C[C@@H]1c1cccc(N2CCCCC2=O)c1)N1CCN(C2CCC2)CC1. The van der Waals surface area contributed by atoms with Crippen LogP contribution in [0.5, 0.6) is 0 Å². The van der Waals surface area contributed by atoms with Crippen molar-refractivity contribution in [3.63, 3.8) is 0 Å². The zero-order chi connectivity index (χ0) is 19.1. The highest BCUT2D eigenvalue weighted by Crippen LogP contribution is 2.49. The van der Waals surface area contributed by atoms with Gasteiger partial charge in [-0.2, -0.15) is 0 Å². The van der Waals surface area contributed by atoms with Crippen LogP contribution in [-0.2, 0) is 9.59 Å². The predicted octanol–water partition coefficient (Wildman–Crippen LogP) is 3.00. The lowest BCUT2D eigenvalue weighted by Crippen LogP contribution is -2.53. The maximum absolute atomic E-state index is 13.0. The third kappa shape index (κ3) is 3.45. The van der Waals surface area contributed by atoms with Gasteiger partial charge in [0.25, 0.3) is 0 Å². The number of anilines is 1. The summed E-state index contributed by atoms with van der Waals surface area (Å²) in [6.07, 6.45) is 7.74. The van der Waals surface area contributed by atoms with Gasteiger partial charge in [-0.05, 0) is 55.7 Å². The fourth-order valence-corrected chi connectivity index (χ4v) is 5.13. The van der Waals surface area contributed by atoms with Gasteiger partial charge in [-0.3, -0.25) is 14.5 Å². The minimum absolute atomic E-state index is 0.141. The van der Waals surface area contributed by atoms with E-state index in [1.807, 2.05) is 17.0 Å². The number of piperidine rings is 1. The lowest BCUT2D eigenvalue weighted by Gasteiger charge is -2.43. The Morgan fingerprint density at radius 3 is 2.50 bits per heavy atom. The first-order valence-corrected chi connectivity index (χ1v) is 11.1. The van der Waals surface area contributed by atoms with E-state index in [0.29, 0.717) is 18.2 Å². The maximum Gasteiger partial charge on any atom is 0.226 e. The number of benzene rings is 1. The molecule has 0 spiro atoms. The van der Waals surface area contributed by atoms with E-state index in [2.05, 4.69) is 21.9 Å². The summed E-state index contributed by atoms with van der Waals surface area (Å²) < 4.78 is 0. The number of hydrogen-bond acceptors (Lipinski definition) is 3. The Bertz CT molecular complexity index is 752. The van der Waals surface area contributed by atoms with Crippen LogP contribution in [0.3, 0.4) is 0 Å². The third-order valence-corrected chi connectivity index (χ3v) is 7.26. The quantitative estimate of drug-likeness (QED) is 0.805. The van der Waals surface area contributed by atoms with Gasteiger partial charge in [-0.25, -0.2) is 0 Å². The average molecular weight is 382 g/mol. The van der Waals surface area contributed by atoms with E-state index in [9.17, 15) is 9.59 Å². The molecule has 2 atom stereocenters. The van der Waals surface area contributed by atoms with Crippen LogP contribution < -0.4 is 4.90 Å². The van der Waals surface area contributed by atoms with Crippen molar-refractivity contribution >= 4 is 17.5 Å². The Kier molecular flexibility index (Phi) is 4.87. The molecule has 0 unspecified atom stereocenters. The van der Waals surface area contributed by atoms with Gasteiger partial charge in [0, 0.05) is 56.8 Å². The highest BCUT2D eigenvalue weighted by molar-refractivity contribution is 5.94. The van der Waals surface area contributed by atoms with Crippen LogP contribution in [0.2, 0.25) is 0 Å². The van der Waals surface area contributed by atoms with E-state index in [4.69, 9.17) is 0 Å². The molecule has 28 heavy (non-hydrogen) atoms. The van der Waals surface area contributed by atoms with Gasteiger partial charge < -0.3 is 9.80 Å². The zero-order valence-corrected chi connectivity index (χ0v) is 16.7. The lowest BCUT2D eigenvalue weighted by molar-refractivity contribution is -0.135. The summed E-state index contributed by atoms with van der Waals surface area (Å²) in [4.78, 5) is 31.8. The molecule has 4 fully saturated rings. The van der Waals surface area contributed by atoms with Gasteiger partial charge in [0.2, 0.25) is 11.8 Å².